The average Bonchev–Trinajstić information content (AvgIpc) is 2.00. The Morgan fingerprint density at radius 2 is 1.36 bits per heavy atom. The molecule has 0 amide bonds. The highest BCUT2D eigenvalue weighted by Crippen LogP contribution is 2.19. The maximum absolute atomic E-state index is 12.2. The molecule has 0 aromatic rings. The zero-order valence-corrected chi connectivity index (χ0v) is 5.91. The molecule has 0 aromatic carbocycles. The van der Waals surface area contributed by atoms with Crippen LogP contribution in [0.3, 0.4) is 0 Å². The molecular weight excluding hydrogens is 167 g/mol. The van der Waals surface area contributed by atoms with E-state index in [1.165, 1.54) is 6.92 Å². The van der Waals surface area contributed by atoms with Gasteiger partial charge in [-0.15, -0.1) is 0 Å². The fraction of sp³-hybridized carbons (Fsp3) is 1.00. The van der Waals surface area contributed by atoms with Crippen LogP contribution in [0.5, 0.6) is 0 Å². The van der Waals surface area contributed by atoms with Crippen molar-refractivity contribution in [3.63, 3.8) is 0 Å². The highest BCUT2D eigenvalue weighted by molar-refractivity contribution is 4.76. The second-order valence-corrected chi connectivity index (χ2v) is 2.15. The van der Waals surface area contributed by atoms with E-state index in [0.717, 1.165) is 0 Å². The number of alkyl halides is 5. The molecule has 5 heteroatoms. The van der Waals surface area contributed by atoms with Crippen LogP contribution in [-0.2, 0) is 0 Å². The van der Waals surface area contributed by atoms with Crippen molar-refractivity contribution in [1.29, 1.82) is 0 Å². The second kappa shape index (κ2) is 4.51. The van der Waals surface area contributed by atoms with Gasteiger partial charge in [-0.1, -0.05) is 6.92 Å². The molecule has 0 nitrogen and oxygen atoms in total. The van der Waals surface area contributed by atoms with Gasteiger partial charge in [-0.25, -0.2) is 22.0 Å². The van der Waals surface area contributed by atoms with E-state index >= 15 is 0 Å². The Morgan fingerprint density at radius 3 is 1.64 bits per heavy atom. The molecule has 0 saturated carbocycles. The topological polar surface area (TPSA) is 0 Å². The predicted molar refractivity (Wildman–Crippen MR) is 31.0 cm³/mol. The van der Waals surface area contributed by atoms with Crippen LogP contribution in [0.25, 0.3) is 0 Å². The molecule has 0 rings (SSSR count). The summed E-state index contributed by atoms with van der Waals surface area (Å²) < 4.78 is 59.2. The van der Waals surface area contributed by atoms with E-state index in [1.54, 1.807) is 0 Å². The van der Waals surface area contributed by atoms with E-state index < -0.39 is 24.9 Å². The fourth-order valence-electron chi connectivity index (χ4n) is 0.564. The highest BCUT2D eigenvalue weighted by atomic mass is 19.3. The summed E-state index contributed by atoms with van der Waals surface area (Å²) in [5.41, 5.74) is 0. The first kappa shape index (κ1) is 10.7. The van der Waals surface area contributed by atoms with Crippen molar-refractivity contribution in [2.24, 2.45) is 0 Å². The Labute approximate surface area is 61.4 Å². The second-order valence-electron chi connectivity index (χ2n) is 2.15. The SMILES string of the molecule is CCC(F)C(F)[C@H](F)C(F)F. The molecule has 0 radical (unpaired) electrons. The summed E-state index contributed by atoms with van der Waals surface area (Å²) >= 11 is 0. The van der Waals surface area contributed by atoms with Crippen molar-refractivity contribution in [2.45, 2.75) is 38.3 Å². The van der Waals surface area contributed by atoms with Gasteiger partial charge in [0.25, 0.3) is 6.43 Å². The molecule has 3 atom stereocenters. The Hall–Kier alpha value is -0.350. The van der Waals surface area contributed by atoms with Crippen LogP contribution < -0.4 is 0 Å². The number of halogens is 5. The zero-order chi connectivity index (χ0) is 9.02. The Kier molecular flexibility index (Phi) is 4.37. The Bertz CT molecular complexity index is 105. The normalized spacial score (nSPS) is 19.9. The van der Waals surface area contributed by atoms with E-state index in [-0.39, 0.29) is 6.42 Å². The summed E-state index contributed by atoms with van der Waals surface area (Å²) in [4.78, 5) is 0. The lowest BCUT2D eigenvalue weighted by Crippen LogP contribution is -2.32. The third-order valence-corrected chi connectivity index (χ3v) is 1.28. The lowest BCUT2D eigenvalue weighted by atomic mass is 10.1. The van der Waals surface area contributed by atoms with Crippen molar-refractivity contribution in [3.05, 3.63) is 0 Å². The summed E-state index contributed by atoms with van der Waals surface area (Å²) in [5.74, 6) is 0. The minimum atomic E-state index is -3.45. The third kappa shape index (κ3) is 3.03. The van der Waals surface area contributed by atoms with E-state index in [1.807, 2.05) is 0 Å². The van der Waals surface area contributed by atoms with Gasteiger partial charge in [0.15, 0.2) is 12.3 Å². The monoisotopic (exact) mass is 176 g/mol. The molecule has 68 valence electrons. The zero-order valence-electron chi connectivity index (χ0n) is 5.91. The molecule has 11 heavy (non-hydrogen) atoms. The lowest BCUT2D eigenvalue weighted by molar-refractivity contribution is -0.0235. The molecule has 2 unspecified atom stereocenters. The van der Waals surface area contributed by atoms with Crippen LogP contribution in [0, 0.1) is 0 Å². The maximum Gasteiger partial charge on any atom is 0.272 e. The highest BCUT2D eigenvalue weighted by Gasteiger charge is 2.35. The smallest absolute Gasteiger partial charge is 0.244 e. The third-order valence-electron chi connectivity index (χ3n) is 1.28. The molecule has 0 N–H and O–H groups in total. The van der Waals surface area contributed by atoms with Crippen LogP contribution in [0.15, 0.2) is 0 Å². The first-order valence-electron chi connectivity index (χ1n) is 3.21. The number of rotatable bonds is 4. The summed E-state index contributed by atoms with van der Waals surface area (Å²) in [6.45, 7) is 1.26. The van der Waals surface area contributed by atoms with Crippen LogP contribution in [0.4, 0.5) is 22.0 Å². The van der Waals surface area contributed by atoms with Crippen LogP contribution in [-0.4, -0.2) is 24.9 Å². The quantitative estimate of drug-likeness (QED) is 0.577. The number of hydrogen-bond acceptors (Lipinski definition) is 0. The lowest BCUT2D eigenvalue weighted by Gasteiger charge is -2.14. The summed E-state index contributed by atoms with van der Waals surface area (Å²) in [5, 5.41) is 0. The average molecular weight is 176 g/mol. The standard InChI is InChI=1S/C6H9F5/c1-2-3(7)4(8)5(9)6(10)11/h3-6H,2H2,1H3/t3?,4?,5-/m0/s1. The van der Waals surface area contributed by atoms with Crippen molar-refractivity contribution in [2.75, 3.05) is 0 Å². The molecule has 0 aromatic heterocycles. The van der Waals surface area contributed by atoms with Gasteiger partial charge in [0.1, 0.15) is 6.17 Å². The number of hydrogen-bond donors (Lipinski definition) is 0. The van der Waals surface area contributed by atoms with Gasteiger partial charge >= 0.3 is 0 Å². The molecule has 0 aliphatic carbocycles. The van der Waals surface area contributed by atoms with Gasteiger partial charge in [0.2, 0.25) is 0 Å². The maximum atomic E-state index is 12.2. The van der Waals surface area contributed by atoms with Crippen molar-refractivity contribution < 1.29 is 22.0 Å². The van der Waals surface area contributed by atoms with E-state index in [4.69, 9.17) is 0 Å². The first-order chi connectivity index (χ1) is 5.00. The molecule has 0 spiro atoms. The van der Waals surface area contributed by atoms with Gasteiger partial charge in [0, 0.05) is 0 Å². The van der Waals surface area contributed by atoms with Gasteiger partial charge in [-0.2, -0.15) is 0 Å². The Balaban J connectivity index is 3.90. The van der Waals surface area contributed by atoms with Crippen molar-refractivity contribution in [3.8, 4) is 0 Å². The van der Waals surface area contributed by atoms with Gasteiger partial charge in [0.05, 0.1) is 0 Å². The Morgan fingerprint density at radius 1 is 0.909 bits per heavy atom. The summed E-state index contributed by atoms with van der Waals surface area (Å²) in [6, 6.07) is 0. The van der Waals surface area contributed by atoms with Crippen LogP contribution in [0.2, 0.25) is 0 Å². The van der Waals surface area contributed by atoms with E-state index in [0.29, 0.717) is 0 Å². The minimum Gasteiger partial charge on any atom is -0.244 e. The molecule has 0 heterocycles. The molecular formula is C6H9F5. The van der Waals surface area contributed by atoms with Crippen LogP contribution >= 0.6 is 0 Å². The van der Waals surface area contributed by atoms with Crippen molar-refractivity contribution in [1.82, 2.24) is 0 Å². The molecule has 0 bridgehead atoms. The molecule has 0 saturated heterocycles. The van der Waals surface area contributed by atoms with E-state index in [9.17, 15) is 22.0 Å². The fourth-order valence-corrected chi connectivity index (χ4v) is 0.564. The summed E-state index contributed by atoms with van der Waals surface area (Å²) in [7, 11) is 0. The van der Waals surface area contributed by atoms with Gasteiger partial charge in [-0.05, 0) is 6.42 Å². The minimum absolute atomic E-state index is 0.297. The molecule has 0 aliphatic rings. The largest absolute Gasteiger partial charge is 0.272 e. The van der Waals surface area contributed by atoms with E-state index in [2.05, 4.69) is 0 Å². The molecule has 0 aliphatic heterocycles. The van der Waals surface area contributed by atoms with Gasteiger partial charge in [-0.3, -0.25) is 0 Å². The van der Waals surface area contributed by atoms with Gasteiger partial charge < -0.3 is 0 Å². The summed E-state index contributed by atoms with van der Waals surface area (Å²) in [6.07, 6.45) is -11.6. The van der Waals surface area contributed by atoms with Crippen molar-refractivity contribution >= 4 is 0 Å². The predicted octanol–water partition coefficient (Wildman–Crippen LogP) is 2.68. The first-order valence-corrected chi connectivity index (χ1v) is 3.21. The van der Waals surface area contributed by atoms with Crippen LogP contribution in [0.1, 0.15) is 13.3 Å². The molecule has 0 fully saturated rings.